The van der Waals surface area contributed by atoms with Crippen LogP contribution in [-0.4, -0.2) is 18.2 Å². The van der Waals surface area contributed by atoms with E-state index in [2.05, 4.69) is 0 Å². The molecular formula is C12H14O3. The molecule has 0 aliphatic carbocycles. The zero-order valence-corrected chi connectivity index (χ0v) is 9.07. The molecule has 0 aromatic heterocycles. The van der Waals surface area contributed by atoms with Gasteiger partial charge in [0.2, 0.25) is 0 Å². The summed E-state index contributed by atoms with van der Waals surface area (Å²) in [7, 11) is 1.61. The second-order valence-corrected chi connectivity index (χ2v) is 3.30. The summed E-state index contributed by atoms with van der Waals surface area (Å²) in [5.74, 6) is -0.142. The van der Waals surface area contributed by atoms with Crippen molar-refractivity contribution in [2.45, 2.75) is 13.8 Å². The van der Waals surface area contributed by atoms with Crippen molar-refractivity contribution in [1.29, 1.82) is 0 Å². The maximum absolute atomic E-state index is 10.4. The summed E-state index contributed by atoms with van der Waals surface area (Å²) in [4.78, 5) is 10.4. The molecule has 0 aliphatic rings. The molecule has 1 rings (SSSR count). The molecule has 15 heavy (non-hydrogen) atoms. The number of ether oxygens (including phenoxy) is 1. The van der Waals surface area contributed by atoms with Crippen molar-refractivity contribution in [2.24, 2.45) is 0 Å². The molecule has 0 heterocycles. The molecule has 0 saturated carbocycles. The highest BCUT2D eigenvalue weighted by molar-refractivity contribution is 5.85. The normalized spacial score (nSPS) is 10.6. The van der Waals surface area contributed by atoms with Crippen molar-refractivity contribution in [1.82, 2.24) is 0 Å². The summed E-state index contributed by atoms with van der Waals surface area (Å²) in [6.45, 7) is 3.86. The highest BCUT2D eigenvalue weighted by Crippen LogP contribution is 2.26. The first kappa shape index (κ1) is 11.3. The monoisotopic (exact) mass is 206 g/mol. The number of hydrogen-bond acceptors (Lipinski definition) is 2. The molecule has 1 N–H and O–H groups in total. The van der Waals surface area contributed by atoms with Crippen molar-refractivity contribution in [3.8, 4) is 5.75 Å². The molecule has 0 radical (unpaired) electrons. The number of carbonyl (C=O) groups is 1. The fourth-order valence-electron chi connectivity index (χ4n) is 1.50. The minimum absolute atomic E-state index is 0.808. The minimum atomic E-state index is -0.950. The van der Waals surface area contributed by atoms with Gasteiger partial charge in [-0.25, -0.2) is 4.79 Å². The Bertz CT molecular complexity index is 406. The van der Waals surface area contributed by atoms with Gasteiger partial charge in [0.1, 0.15) is 5.75 Å². The van der Waals surface area contributed by atoms with Crippen molar-refractivity contribution in [3.05, 3.63) is 34.9 Å². The fourth-order valence-corrected chi connectivity index (χ4v) is 1.50. The predicted molar refractivity (Wildman–Crippen MR) is 59.1 cm³/mol. The van der Waals surface area contributed by atoms with Crippen molar-refractivity contribution in [2.75, 3.05) is 7.11 Å². The Morgan fingerprint density at radius 1 is 1.40 bits per heavy atom. The topological polar surface area (TPSA) is 46.5 Å². The lowest BCUT2D eigenvalue weighted by Gasteiger charge is -2.10. The second kappa shape index (κ2) is 4.64. The lowest BCUT2D eigenvalue weighted by Crippen LogP contribution is -1.94. The number of carboxylic acid groups (broad SMARTS) is 1. The maximum atomic E-state index is 10.4. The second-order valence-electron chi connectivity index (χ2n) is 3.30. The van der Waals surface area contributed by atoms with Gasteiger partial charge >= 0.3 is 5.97 Å². The zero-order valence-electron chi connectivity index (χ0n) is 9.07. The van der Waals surface area contributed by atoms with Gasteiger partial charge < -0.3 is 9.84 Å². The molecule has 0 aliphatic heterocycles. The Morgan fingerprint density at radius 2 is 2.07 bits per heavy atom. The summed E-state index contributed by atoms with van der Waals surface area (Å²) in [5.41, 5.74) is 2.86. The number of benzene rings is 1. The largest absolute Gasteiger partial charge is 0.496 e. The molecule has 0 atom stereocenters. The van der Waals surface area contributed by atoms with E-state index < -0.39 is 5.97 Å². The van der Waals surface area contributed by atoms with Gasteiger partial charge in [-0.2, -0.15) is 0 Å². The first-order valence-corrected chi connectivity index (χ1v) is 4.61. The Hall–Kier alpha value is -1.77. The van der Waals surface area contributed by atoms with Gasteiger partial charge in [0.05, 0.1) is 7.11 Å². The van der Waals surface area contributed by atoms with Crippen LogP contribution in [0.4, 0.5) is 0 Å². The van der Waals surface area contributed by atoms with Crippen LogP contribution in [0, 0.1) is 13.8 Å². The molecule has 1 aromatic rings. The van der Waals surface area contributed by atoms with Crippen LogP contribution in [0.25, 0.3) is 6.08 Å². The summed E-state index contributed by atoms with van der Waals surface area (Å²) >= 11 is 0. The van der Waals surface area contributed by atoms with Crippen LogP contribution < -0.4 is 4.74 Å². The minimum Gasteiger partial charge on any atom is -0.496 e. The number of hydrogen-bond donors (Lipinski definition) is 1. The lowest BCUT2D eigenvalue weighted by atomic mass is 10.0. The third-order valence-corrected chi connectivity index (χ3v) is 2.25. The van der Waals surface area contributed by atoms with Crippen LogP contribution in [0.2, 0.25) is 0 Å². The number of rotatable bonds is 3. The number of aryl methyl sites for hydroxylation is 1. The third kappa shape index (κ3) is 2.59. The van der Waals surface area contributed by atoms with Crippen LogP contribution in [0.1, 0.15) is 16.7 Å². The van der Waals surface area contributed by atoms with E-state index in [0.717, 1.165) is 28.5 Å². The Morgan fingerprint density at radius 3 is 2.60 bits per heavy atom. The first-order chi connectivity index (χ1) is 7.06. The van der Waals surface area contributed by atoms with Gasteiger partial charge in [-0.1, -0.05) is 12.1 Å². The van der Waals surface area contributed by atoms with Gasteiger partial charge in [0, 0.05) is 6.08 Å². The zero-order chi connectivity index (χ0) is 11.4. The lowest BCUT2D eigenvalue weighted by molar-refractivity contribution is -0.131. The fraction of sp³-hybridized carbons (Fsp3) is 0.250. The van der Waals surface area contributed by atoms with Gasteiger partial charge in [-0.05, 0) is 36.6 Å². The Balaban J connectivity index is 3.16. The van der Waals surface area contributed by atoms with Gasteiger partial charge in [-0.3, -0.25) is 0 Å². The van der Waals surface area contributed by atoms with Gasteiger partial charge in [0.15, 0.2) is 0 Å². The smallest absolute Gasteiger partial charge is 0.328 e. The van der Waals surface area contributed by atoms with E-state index in [-0.39, 0.29) is 0 Å². The predicted octanol–water partition coefficient (Wildman–Crippen LogP) is 2.41. The van der Waals surface area contributed by atoms with E-state index in [0.29, 0.717) is 0 Å². The maximum Gasteiger partial charge on any atom is 0.328 e. The molecule has 3 heteroatoms. The van der Waals surface area contributed by atoms with Crippen LogP contribution >= 0.6 is 0 Å². The molecule has 1 aromatic carbocycles. The standard InChI is InChI=1S/C12H14O3/c1-8-4-5-10(6-7-11(13)14)9(2)12(8)15-3/h4-7H,1-3H3,(H,13,14)/b7-6+. The highest BCUT2D eigenvalue weighted by atomic mass is 16.5. The molecule has 0 bridgehead atoms. The molecule has 0 spiro atoms. The van der Waals surface area contributed by atoms with E-state index >= 15 is 0 Å². The highest BCUT2D eigenvalue weighted by Gasteiger charge is 2.05. The third-order valence-electron chi connectivity index (χ3n) is 2.25. The molecule has 0 amide bonds. The molecule has 0 saturated heterocycles. The van der Waals surface area contributed by atoms with Crippen LogP contribution in [0.5, 0.6) is 5.75 Å². The molecule has 0 fully saturated rings. The van der Waals surface area contributed by atoms with Crippen LogP contribution in [0.3, 0.4) is 0 Å². The summed E-state index contributed by atoms with van der Waals surface area (Å²) in [5, 5.41) is 8.53. The quantitative estimate of drug-likeness (QED) is 0.772. The van der Waals surface area contributed by atoms with Gasteiger partial charge in [-0.15, -0.1) is 0 Å². The SMILES string of the molecule is COc1c(C)ccc(/C=C/C(=O)O)c1C. The van der Waals surface area contributed by atoms with Crippen LogP contribution in [0.15, 0.2) is 18.2 Å². The first-order valence-electron chi connectivity index (χ1n) is 4.61. The van der Waals surface area contributed by atoms with E-state index in [1.54, 1.807) is 13.2 Å². The van der Waals surface area contributed by atoms with Gasteiger partial charge in [0.25, 0.3) is 0 Å². The van der Waals surface area contributed by atoms with E-state index in [4.69, 9.17) is 9.84 Å². The van der Waals surface area contributed by atoms with E-state index in [1.165, 1.54) is 0 Å². The number of methoxy groups -OCH3 is 1. The van der Waals surface area contributed by atoms with E-state index in [1.807, 2.05) is 26.0 Å². The number of carboxylic acids is 1. The summed E-state index contributed by atoms with van der Waals surface area (Å²) in [6, 6.07) is 3.79. The molecule has 80 valence electrons. The Kier molecular flexibility index (Phi) is 3.50. The average Bonchev–Trinajstić information content (AvgIpc) is 2.17. The van der Waals surface area contributed by atoms with Crippen molar-refractivity contribution < 1.29 is 14.6 Å². The molecule has 3 nitrogen and oxygen atoms in total. The van der Waals surface area contributed by atoms with Crippen molar-refractivity contribution in [3.63, 3.8) is 0 Å². The number of aliphatic carboxylic acids is 1. The van der Waals surface area contributed by atoms with E-state index in [9.17, 15) is 4.79 Å². The molecular weight excluding hydrogens is 192 g/mol. The Labute approximate surface area is 89.0 Å². The van der Waals surface area contributed by atoms with Crippen molar-refractivity contribution >= 4 is 12.0 Å². The molecule has 0 unspecified atom stereocenters. The van der Waals surface area contributed by atoms with Crippen LogP contribution in [-0.2, 0) is 4.79 Å². The summed E-state index contributed by atoms with van der Waals surface area (Å²) in [6.07, 6.45) is 2.69. The average molecular weight is 206 g/mol. The summed E-state index contributed by atoms with van der Waals surface area (Å²) < 4.78 is 5.24.